The zero-order valence-electron chi connectivity index (χ0n) is 15.9. The normalized spacial score (nSPS) is 15.8. The maximum atomic E-state index is 14.0. The number of benzene rings is 2. The molecular formula is C22H14ClFN2O4. The van der Waals surface area contributed by atoms with Gasteiger partial charge in [-0.15, -0.1) is 0 Å². The van der Waals surface area contributed by atoms with Crippen molar-refractivity contribution >= 4 is 34.3 Å². The molecule has 6 nitrogen and oxygen atoms in total. The Bertz CT molecular complexity index is 1410. The molecule has 8 heteroatoms. The van der Waals surface area contributed by atoms with Crippen molar-refractivity contribution in [3.8, 4) is 0 Å². The Morgan fingerprint density at radius 2 is 1.93 bits per heavy atom. The molecule has 0 spiro atoms. The first kappa shape index (κ1) is 18.6. The first-order valence-corrected chi connectivity index (χ1v) is 9.52. The molecule has 2 aromatic heterocycles. The number of nitrogens with zero attached hydrogens (tertiary/aromatic N) is 2. The molecular weight excluding hydrogens is 411 g/mol. The molecule has 0 radical (unpaired) electrons. The zero-order valence-corrected chi connectivity index (χ0v) is 16.7. The number of amides is 1. The second-order valence-electron chi connectivity index (χ2n) is 7.20. The molecule has 0 bridgehead atoms. The van der Waals surface area contributed by atoms with E-state index in [0.717, 1.165) is 0 Å². The minimum Gasteiger partial charge on any atom is -0.450 e. The molecule has 3 heterocycles. The highest BCUT2D eigenvalue weighted by Gasteiger charge is 2.45. The fraction of sp³-hybridized carbons (Fsp3) is 0.136. The second-order valence-corrected chi connectivity index (χ2v) is 7.61. The molecule has 0 saturated heterocycles. The summed E-state index contributed by atoms with van der Waals surface area (Å²) < 4.78 is 25.0. The smallest absolute Gasteiger partial charge is 0.296 e. The lowest BCUT2D eigenvalue weighted by molar-refractivity contribution is 0.0969. The lowest BCUT2D eigenvalue weighted by Crippen LogP contribution is -2.29. The average molecular weight is 425 g/mol. The molecule has 5 rings (SSSR count). The van der Waals surface area contributed by atoms with E-state index in [1.807, 2.05) is 0 Å². The molecule has 0 N–H and O–H groups in total. The van der Waals surface area contributed by atoms with E-state index < -0.39 is 23.2 Å². The van der Waals surface area contributed by atoms with Gasteiger partial charge in [0.1, 0.15) is 17.2 Å². The fourth-order valence-corrected chi connectivity index (χ4v) is 3.95. The predicted octanol–water partition coefficient (Wildman–Crippen LogP) is 4.94. The van der Waals surface area contributed by atoms with Gasteiger partial charge >= 0.3 is 0 Å². The predicted molar refractivity (Wildman–Crippen MR) is 109 cm³/mol. The van der Waals surface area contributed by atoms with E-state index >= 15 is 0 Å². The minimum absolute atomic E-state index is 0.107. The summed E-state index contributed by atoms with van der Waals surface area (Å²) >= 11 is 6.21. The number of hydrogen-bond acceptors (Lipinski definition) is 5. The van der Waals surface area contributed by atoms with E-state index in [9.17, 15) is 14.0 Å². The van der Waals surface area contributed by atoms with Gasteiger partial charge in [0.25, 0.3) is 5.91 Å². The Labute approximate surface area is 174 Å². The number of aryl methyl sites for hydroxylation is 2. The van der Waals surface area contributed by atoms with E-state index in [1.165, 1.54) is 29.2 Å². The lowest BCUT2D eigenvalue weighted by atomic mass is 9.98. The number of fused-ring (bicyclic) bond motifs is 2. The van der Waals surface area contributed by atoms with Gasteiger partial charge in [-0.2, -0.15) is 0 Å². The van der Waals surface area contributed by atoms with Crippen molar-refractivity contribution in [2.45, 2.75) is 19.9 Å². The second kappa shape index (κ2) is 6.53. The Balaban J connectivity index is 1.84. The Kier molecular flexibility index (Phi) is 4.04. The molecule has 1 atom stereocenters. The van der Waals surface area contributed by atoms with Crippen LogP contribution in [0.2, 0.25) is 5.02 Å². The Hall–Kier alpha value is -3.45. The summed E-state index contributed by atoms with van der Waals surface area (Å²) in [5.41, 5.74) is 1.08. The molecule has 150 valence electrons. The SMILES string of the molecule is Cc1cc(N2C(=O)c3oc4cc(C)c(Cl)cc4c(=O)c3[C@@H]2c2cccc(F)c2)no1. The van der Waals surface area contributed by atoms with Crippen LogP contribution in [0.3, 0.4) is 0 Å². The van der Waals surface area contributed by atoms with Gasteiger partial charge in [0.2, 0.25) is 5.76 Å². The van der Waals surface area contributed by atoms with Crippen LogP contribution in [-0.4, -0.2) is 11.1 Å². The Morgan fingerprint density at radius 3 is 2.63 bits per heavy atom. The van der Waals surface area contributed by atoms with Gasteiger partial charge < -0.3 is 8.94 Å². The highest BCUT2D eigenvalue weighted by Crippen LogP contribution is 2.41. The van der Waals surface area contributed by atoms with Gasteiger partial charge in [-0.05, 0) is 49.2 Å². The zero-order chi connectivity index (χ0) is 21.2. The van der Waals surface area contributed by atoms with Crippen LogP contribution in [0.4, 0.5) is 10.2 Å². The first-order valence-electron chi connectivity index (χ1n) is 9.14. The topological polar surface area (TPSA) is 76.6 Å². The van der Waals surface area contributed by atoms with Gasteiger partial charge in [-0.1, -0.05) is 28.9 Å². The van der Waals surface area contributed by atoms with Crippen LogP contribution < -0.4 is 10.3 Å². The third kappa shape index (κ3) is 2.66. The van der Waals surface area contributed by atoms with Gasteiger partial charge in [0.05, 0.1) is 17.0 Å². The van der Waals surface area contributed by atoms with Crippen LogP contribution in [0, 0.1) is 19.7 Å². The lowest BCUT2D eigenvalue weighted by Gasteiger charge is -2.22. The van der Waals surface area contributed by atoms with Crippen LogP contribution in [0.5, 0.6) is 0 Å². The van der Waals surface area contributed by atoms with Crippen molar-refractivity contribution in [3.05, 3.63) is 91.7 Å². The molecule has 0 fully saturated rings. The molecule has 0 unspecified atom stereocenters. The highest BCUT2D eigenvalue weighted by molar-refractivity contribution is 6.32. The van der Waals surface area contributed by atoms with Crippen molar-refractivity contribution in [2.75, 3.05) is 4.90 Å². The number of hydrogen-bond donors (Lipinski definition) is 0. The van der Waals surface area contributed by atoms with Crippen LogP contribution in [-0.2, 0) is 0 Å². The van der Waals surface area contributed by atoms with E-state index in [4.69, 9.17) is 20.5 Å². The number of rotatable bonds is 2. The van der Waals surface area contributed by atoms with Crippen LogP contribution >= 0.6 is 11.6 Å². The standard InChI is InChI=1S/C22H14ClFN2O4/c1-10-6-16-14(9-15(10)23)20(27)18-19(12-4-3-5-13(24)8-12)26(22(28)21(18)29-16)17-7-11(2)30-25-17/h3-9,19H,1-2H3/t19-/m0/s1. The number of carbonyl (C=O) groups excluding carboxylic acids is 1. The van der Waals surface area contributed by atoms with Gasteiger partial charge in [-0.3, -0.25) is 14.5 Å². The minimum atomic E-state index is -0.923. The van der Waals surface area contributed by atoms with Gasteiger partial charge in [0.15, 0.2) is 11.2 Å². The van der Waals surface area contributed by atoms with E-state index in [0.29, 0.717) is 21.9 Å². The molecule has 0 aliphatic carbocycles. The third-order valence-corrected chi connectivity index (χ3v) is 5.59. The van der Waals surface area contributed by atoms with Crippen LogP contribution in [0.25, 0.3) is 11.0 Å². The number of halogens is 2. The third-order valence-electron chi connectivity index (χ3n) is 5.18. The number of anilines is 1. The number of carbonyl (C=O) groups is 1. The maximum Gasteiger partial charge on any atom is 0.296 e. The number of aromatic nitrogens is 1. The molecule has 1 aliphatic rings. The van der Waals surface area contributed by atoms with E-state index in [-0.39, 0.29) is 28.1 Å². The van der Waals surface area contributed by atoms with E-state index in [1.54, 1.807) is 32.0 Å². The van der Waals surface area contributed by atoms with Crippen molar-refractivity contribution in [1.82, 2.24) is 5.16 Å². The molecule has 1 amide bonds. The summed E-state index contributed by atoms with van der Waals surface area (Å²) in [5.74, 6) is -0.466. The summed E-state index contributed by atoms with van der Waals surface area (Å²) in [6.07, 6.45) is 0. The fourth-order valence-electron chi connectivity index (χ4n) is 3.79. The molecule has 4 aromatic rings. The quantitative estimate of drug-likeness (QED) is 0.455. The highest BCUT2D eigenvalue weighted by atomic mass is 35.5. The van der Waals surface area contributed by atoms with Crippen molar-refractivity contribution in [1.29, 1.82) is 0 Å². The van der Waals surface area contributed by atoms with Crippen LogP contribution in [0.15, 0.2) is 56.2 Å². The maximum absolute atomic E-state index is 14.0. The largest absolute Gasteiger partial charge is 0.450 e. The first-order chi connectivity index (χ1) is 14.3. The average Bonchev–Trinajstić information content (AvgIpc) is 3.25. The summed E-state index contributed by atoms with van der Waals surface area (Å²) in [7, 11) is 0. The summed E-state index contributed by atoms with van der Waals surface area (Å²) in [5, 5.41) is 4.58. The molecule has 0 saturated carbocycles. The van der Waals surface area contributed by atoms with Crippen LogP contribution in [0.1, 0.15) is 39.0 Å². The monoisotopic (exact) mass is 424 g/mol. The summed E-state index contributed by atoms with van der Waals surface area (Å²) in [4.78, 5) is 28.0. The molecule has 30 heavy (non-hydrogen) atoms. The van der Waals surface area contributed by atoms with Crippen molar-refractivity contribution < 1.29 is 18.1 Å². The molecule has 2 aromatic carbocycles. The van der Waals surface area contributed by atoms with Gasteiger partial charge in [0, 0.05) is 11.1 Å². The summed E-state index contributed by atoms with van der Waals surface area (Å²) in [6, 6.07) is 9.51. The summed E-state index contributed by atoms with van der Waals surface area (Å²) in [6.45, 7) is 3.46. The Morgan fingerprint density at radius 1 is 1.13 bits per heavy atom. The molecule has 1 aliphatic heterocycles. The van der Waals surface area contributed by atoms with Gasteiger partial charge in [-0.25, -0.2) is 4.39 Å². The van der Waals surface area contributed by atoms with Crippen molar-refractivity contribution in [2.24, 2.45) is 0 Å². The van der Waals surface area contributed by atoms with Crippen molar-refractivity contribution in [3.63, 3.8) is 0 Å². The van der Waals surface area contributed by atoms with E-state index in [2.05, 4.69) is 5.16 Å².